The third-order valence-corrected chi connectivity index (χ3v) is 2.76. The molecule has 2 aromatic carbocycles. The van der Waals surface area contributed by atoms with Crippen LogP contribution in [0.4, 0.5) is 5.69 Å². The first-order chi connectivity index (χ1) is 10.3. The van der Waals surface area contributed by atoms with E-state index in [9.17, 15) is 14.9 Å². The van der Waals surface area contributed by atoms with Gasteiger partial charge in [0.2, 0.25) is 5.91 Å². The number of carbonyl (C=O) groups is 1. The number of aromatic hydroxyl groups is 1. The molecule has 22 heavy (non-hydrogen) atoms. The van der Waals surface area contributed by atoms with E-state index in [0.29, 0.717) is 10.6 Å². The van der Waals surface area contributed by atoms with Crippen molar-refractivity contribution in [3.63, 3.8) is 0 Å². The SMILES string of the molecule is N=Cc1cc([N+](=O)[O-])ccc1O.NC(=O)c1ccc(Cl)cc1. The highest BCUT2D eigenvalue weighted by Crippen LogP contribution is 2.20. The number of nitro groups is 1. The van der Waals surface area contributed by atoms with Crippen LogP contribution in [0.1, 0.15) is 15.9 Å². The molecule has 0 aromatic heterocycles. The van der Waals surface area contributed by atoms with Crippen molar-refractivity contribution in [2.75, 3.05) is 0 Å². The number of hydrogen-bond acceptors (Lipinski definition) is 5. The van der Waals surface area contributed by atoms with Crippen LogP contribution in [0.3, 0.4) is 0 Å². The highest BCUT2D eigenvalue weighted by molar-refractivity contribution is 6.30. The fraction of sp³-hybridized carbons (Fsp3) is 0. The van der Waals surface area contributed by atoms with Crippen molar-refractivity contribution in [3.8, 4) is 5.75 Å². The molecule has 0 saturated heterocycles. The molecule has 1 amide bonds. The van der Waals surface area contributed by atoms with Gasteiger partial charge in [-0.1, -0.05) is 11.6 Å². The van der Waals surface area contributed by atoms with Gasteiger partial charge in [0.15, 0.2) is 0 Å². The van der Waals surface area contributed by atoms with E-state index in [1.807, 2.05) is 0 Å². The van der Waals surface area contributed by atoms with Crippen LogP contribution >= 0.6 is 11.6 Å². The average molecular weight is 322 g/mol. The molecule has 2 aromatic rings. The first-order valence-electron chi connectivity index (χ1n) is 5.88. The molecule has 0 radical (unpaired) electrons. The number of halogens is 1. The van der Waals surface area contributed by atoms with Crippen molar-refractivity contribution in [1.82, 2.24) is 0 Å². The van der Waals surface area contributed by atoms with Crippen molar-refractivity contribution >= 4 is 29.4 Å². The third kappa shape index (κ3) is 4.88. The summed E-state index contributed by atoms with van der Waals surface area (Å²) in [6.07, 6.45) is 0.863. The predicted octanol–water partition coefficient (Wildman–Crippen LogP) is 2.74. The van der Waals surface area contributed by atoms with Gasteiger partial charge in [-0.2, -0.15) is 0 Å². The number of amides is 1. The monoisotopic (exact) mass is 321 g/mol. The minimum Gasteiger partial charge on any atom is -0.507 e. The molecule has 114 valence electrons. The summed E-state index contributed by atoms with van der Waals surface area (Å²) in [4.78, 5) is 20.1. The van der Waals surface area contributed by atoms with Gasteiger partial charge in [-0.15, -0.1) is 0 Å². The number of non-ortho nitro benzene ring substituents is 1. The summed E-state index contributed by atoms with van der Waals surface area (Å²) in [5.74, 6) is -0.563. The number of nitrogens with zero attached hydrogens (tertiary/aromatic N) is 1. The Morgan fingerprint density at radius 1 is 1.27 bits per heavy atom. The fourth-order valence-corrected chi connectivity index (χ4v) is 1.51. The van der Waals surface area contributed by atoms with E-state index >= 15 is 0 Å². The van der Waals surface area contributed by atoms with Gasteiger partial charge in [-0.05, 0) is 30.3 Å². The topological polar surface area (TPSA) is 130 Å². The maximum absolute atomic E-state index is 10.5. The Hall–Kier alpha value is -2.93. The summed E-state index contributed by atoms with van der Waals surface area (Å²) in [6, 6.07) is 9.95. The van der Waals surface area contributed by atoms with E-state index in [1.54, 1.807) is 24.3 Å². The van der Waals surface area contributed by atoms with Gasteiger partial charge >= 0.3 is 0 Å². The lowest BCUT2D eigenvalue weighted by Crippen LogP contribution is -2.10. The van der Waals surface area contributed by atoms with Crippen LogP contribution in [0.15, 0.2) is 42.5 Å². The molecule has 0 aliphatic carbocycles. The van der Waals surface area contributed by atoms with Crippen LogP contribution in [-0.2, 0) is 0 Å². The van der Waals surface area contributed by atoms with Crippen molar-refractivity contribution in [2.24, 2.45) is 5.73 Å². The number of benzene rings is 2. The molecule has 0 saturated carbocycles. The highest BCUT2D eigenvalue weighted by Gasteiger charge is 2.07. The van der Waals surface area contributed by atoms with Crippen molar-refractivity contribution in [3.05, 3.63) is 68.7 Å². The fourth-order valence-electron chi connectivity index (χ4n) is 1.39. The Morgan fingerprint density at radius 2 is 1.86 bits per heavy atom. The molecule has 7 nitrogen and oxygen atoms in total. The van der Waals surface area contributed by atoms with E-state index in [4.69, 9.17) is 27.9 Å². The summed E-state index contributed by atoms with van der Waals surface area (Å²) in [6.45, 7) is 0. The summed E-state index contributed by atoms with van der Waals surface area (Å²) in [5.41, 5.74) is 5.47. The highest BCUT2D eigenvalue weighted by atomic mass is 35.5. The summed E-state index contributed by atoms with van der Waals surface area (Å²) >= 11 is 5.56. The van der Waals surface area contributed by atoms with E-state index in [2.05, 4.69) is 0 Å². The number of phenolic OH excluding ortho intramolecular Hbond substituents is 1. The molecule has 4 N–H and O–H groups in total. The maximum Gasteiger partial charge on any atom is 0.270 e. The summed E-state index contributed by atoms with van der Waals surface area (Å²) in [5, 5.41) is 26.7. The van der Waals surface area contributed by atoms with Gasteiger partial charge in [-0.3, -0.25) is 14.9 Å². The lowest BCUT2D eigenvalue weighted by atomic mass is 10.2. The van der Waals surface area contributed by atoms with Crippen molar-refractivity contribution < 1.29 is 14.8 Å². The molecular weight excluding hydrogens is 310 g/mol. The number of phenols is 1. The minimum atomic E-state index is -0.577. The van der Waals surface area contributed by atoms with Crippen LogP contribution in [-0.4, -0.2) is 22.2 Å². The minimum absolute atomic E-state index is 0.129. The van der Waals surface area contributed by atoms with Gasteiger partial charge in [-0.25, -0.2) is 0 Å². The number of nitrogens with one attached hydrogen (secondary N) is 1. The quantitative estimate of drug-likeness (QED) is 0.455. The second kappa shape index (κ2) is 7.75. The van der Waals surface area contributed by atoms with Crippen LogP contribution < -0.4 is 5.73 Å². The first-order valence-corrected chi connectivity index (χ1v) is 6.26. The molecule has 2 rings (SSSR count). The Kier molecular flexibility index (Phi) is 6.03. The lowest BCUT2D eigenvalue weighted by molar-refractivity contribution is -0.384. The maximum atomic E-state index is 10.5. The molecule has 8 heteroatoms. The summed E-state index contributed by atoms with van der Waals surface area (Å²) in [7, 11) is 0. The molecule has 0 aliphatic heterocycles. The number of primary amides is 1. The van der Waals surface area contributed by atoms with Crippen LogP contribution in [0.2, 0.25) is 5.02 Å². The van der Waals surface area contributed by atoms with Gasteiger partial charge in [0.1, 0.15) is 5.75 Å². The molecular formula is C14H12ClN3O4. The largest absolute Gasteiger partial charge is 0.507 e. The molecule has 0 heterocycles. The van der Waals surface area contributed by atoms with E-state index in [0.717, 1.165) is 12.3 Å². The van der Waals surface area contributed by atoms with Gasteiger partial charge in [0.25, 0.3) is 5.69 Å². The third-order valence-electron chi connectivity index (χ3n) is 2.51. The Labute approximate surface area is 130 Å². The second-order valence-corrected chi connectivity index (χ2v) is 4.45. The standard InChI is InChI=1S/C7H6ClNO.C7H6N2O3/c8-6-3-1-5(2-4-6)7(9)10;8-4-5-3-6(9(11)12)1-2-7(5)10/h1-4H,(H2,9,10);1-4,8,10H. The van der Waals surface area contributed by atoms with Crippen molar-refractivity contribution in [2.45, 2.75) is 0 Å². The van der Waals surface area contributed by atoms with Crippen molar-refractivity contribution in [1.29, 1.82) is 5.41 Å². The normalized spacial score (nSPS) is 9.32. The molecule has 0 bridgehead atoms. The van der Waals surface area contributed by atoms with Gasteiger partial charge < -0.3 is 16.2 Å². The first kappa shape index (κ1) is 17.1. The van der Waals surface area contributed by atoms with Crippen LogP contribution in [0.25, 0.3) is 0 Å². The number of nitro benzene ring substituents is 1. The Morgan fingerprint density at radius 3 is 2.32 bits per heavy atom. The molecule has 0 aliphatic rings. The zero-order chi connectivity index (χ0) is 16.7. The lowest BCUT2D eigenvalue weighted by Gasteiger charge is -1.96. The smallest absolute Gasteiger partial charge is 0.270 e. The predicted molar refractivity (Wildman–Crippen MR) is 82.6 cm³/mol. The number of hydrogen-bond donors (Lipinski definition) is 3. The second-order valence-electron chi connectivity index (χ2n) is 4.02. The summed E-state index contributed by atoms with van der Waals surface area (Å²) < 4.78 is 0. The Bertz CT molecular complexity index is 702. The van der Waals surface area contributed by atoms with E-state index in [-0.39, 0.29) is 17.0 Å². The van der Waals surface area contributed by atoms with E-state index < -0.39 is 10.8 Å². The van der Waals surface area contributed by atoms with E-state index in [1.165, 1.54) is 12.1 Å². The van der Waals surface area contributed by atoms with Crippen LogP contribution in [0, 0.1) is 15.5 Å². The Balaban J connectivity index is 0.000000224. The van der Waals surface area contributed by atoms with Crippen LogP contribution in [0.5, 0.6) is 5.75 Å². The number of nitrogens with two attached hydrogens (primary N) is 1. The van der Waals surface area contributed by atoms with Gasteiger partial charge in [0.05, 0.1) is 4.92 Å². The zero-order valence-electron chi connectivity index (χ0n) is 11.2. The number of carbonyl (C=O) groups excluding carboxylic acids is 1. The average Bonchev–Trinajstić information content (AvgIpc) is 2.48. The molecule has 0 spiro atoms. The molecule has 0 fully saturated rings. The zero-order valence-corrected chi connectivity index (χ0v) is 11.9. The molecule has 0 atom stereocenters. The number of rotatable bonds is 3. The van der Waals surface area contributed by atoms with Gasteiger partial charge in [0, 0.05) is 34.5 Å². The molecule has 0 unspecified atom stereocenters.